The SMILES string of the molecule is COc1cc(C=Nc2ccc(-c3nc4ccccc4s3)cc2)ccc1OCc1ccc(Cl)cc1. The fourth-order valence-electron chi connectivity index (χ4n) is 3.46. The Hall–Kier alpha value is -3.67. The molecule has 0 N–H and O–H groups in total. The average Bonchev–Trinajstić information content (AvgIpc) is 3.32. The Balaban J connectivity index is 1.27. The first-order valence-corrected chi connectivity index (χ1v) is 11.9. The van der Waals surface area contributed by atoms with Crippen molar-refractivity contribution < 1.29 is 9.47 Å². The first-order valence-electron chi connectivity index (χ1n) is 10.7. The molecule has 0 atom stereocenters. The zero-order valence-electron chi connectivity index (χ0n) is 18.4. The van der Waals surface area contributed by atoms with Crippen molar-refractivity contribution in [3.8, 4) is 22.1 Å². The number of hydrogen-bond acceptors (Lipinski definition) is 5. The van der Waals surface area contributed by atoms with Gasteiger partial charge >= 0.3 is 0 Å². The normalized spacial score (nSPS) is 11.2. The molecule has 1 aromatic heterocycles. The van der Waals surface area contributed by atoms with E-state index in [0.29, 0.717) is 23.1 Å². The lowest BCUT2D eigenvalue weighted by atomic mass is 10.2. The minimum Gasteiger partial charge on any atom is -0.493 e. The third-order valence-corrected chi connectivity index (χ3v) is 6.60. The van der Waals surface area contributed by atoms with Gasteiger partial charge < -0.3 is 9.47 Å². The number of ether oxygens (including phenoxy) is 2. The molecule has 0 radical (unpaired) electrons. The van der Waals surface area contributed by atoms with Crippen LogP contribution in [0, 0.1) is 0 Å². The van der Waals surface area contributed by atoms with Gasteiger partial charge in [-0.3, -0.25) is 4.99 Å². The van der Waals surface area contributed by atoms with E-state index >= 15 is 0 Å². The van der Waals surface area contributed by atoms with Gasteiger partial charge in [-0.25, -0.2) is 4.98 Å². The lowest BCUT2D eigenvalue weighted by Gasteiger charge is -2.11. The van der Waals surface area contributed by atoms with E-state index in [4.69, 9.17) is 26.1 Å². The number of fused-ring (bicyclic) bond motifs is 1. The number of halogens is 1. The Morgan fingerprint density at radius 3 is 2.47 bits per heavy atom. The van der Waals surface area contributed by atoms with Crippen molar-refractivity contribution in [3.05, 3.63) is 107 Å². The van der Waals surface area contributed by atoms with Crippen LogP contribution in [0.5, 0.6) is 11.5 Å². The van der Waals surface area contributed by atoms with E-state index in [1.807, 2.05) is 79.0 Å². The van der Waals surface area contributed by atoms with Gasteiger partial charge in [-0.15, -0.1) is 11.3 Å². The van der Waals surface area contributed by atoms with Crippen LogP contribution in [0.2, 0.25) is 5.02 Å². The maximum atomic E-state index is 5.94. The molecule has 0 aliphatic rings. The topological polar surface area (TPSA) is 43.7 Å². The lowest BCUT2D eigenvalue weighted by Crippen LogP contribution is -1.98. The molecular weight excluding hydrogens is 464 g/mol. The molecule has 0 saturated heterocycles. The number of aliphatic imine (C=N–C) groups is 1. The van der Waals surface area contributed by atoms with Gasteiger partial charge in [-0.1, -0.05) is 35.9 Å². The molecule has 0 saturated carbocycles. The van der Waals surface area contributed by atoms with Crippen molar-refractivity contribution in [1.29, 1.82) is 0 Å². The Kier molecular flexibility index (Phi) is 6.56. The second-order valence-electron chi connectivity index (χ2n) is 7.62. The maximum Gasteiger partial charge on any atom is 0.161 e. The molecule has 0 aliphatic carbocycles. The van der Waals surface area contributed by atoms with Crippen molar-refractivity contribution >= 4 is 45.1 Å². The summed E-state index contributed by atoms with van der Waals surface area (Å²) in [6.07, 6.45) is 1.82. The molecular formula is C28H21ClN2O2S. The lowest BCUT2D eigenvalue weighted by molar-refractivity contribution is 0.284. The summed E-state index contributed by atoms with van der Waals surface area (Å²) in [4.78, 5) is 9.33. The van der Waals surface area contributed by atoms with E-state index in [9.17, 15) is 0 Å². The highest BCUT2D eigenvalue weighted by Gasteiger charge is 2.07. The van der Waals surface area contributed by atoms with Crippen molar-refractivity contribution in [2.75, 3.05) is 7.11 Å². The molecule has 34 heavy (non-hydrogen) atoms. The molecule has 5 rings (SSSR count). The Morgan fingerprint density at radius 2 is 1.71 bits per heavy atom. The predicted octanol–water partition coefficient (Wildman–Crippen LogP) is 7.95. The summed E-state index contributed by atoms with van der Waals surface area (Å²) in [5.41, 5.74) is 4.94. The molecule has 168 valence electrons. The van der Waals surface area contributed by atoms with Crippen molar-refractivity contribution in [3.63, 3.8) is 0 Å². The summed E-state index contributed by atoms with van der Waals surface area (Å²) in [6.45, 7) is 0.433. The second kappa shape index (κ2) is 10.1. The minimum absolute atomic E-state index is 0.433. The molecule has 6 heteroatoms. The van der Waals surface area contributed by atoms with Crippen molar-refractivity contribution in [2.45, 2.75) is 6.61 Å². The Bertz CT molecular complexity index is 1410. The van der Waals surface area contributed by atoms with Gasteiger partial charge in [0.05, 0.1) is 23.0 Å². The molecule has 0 spiro atoms. The predicted molar refractivity (Wildman–Crippen MR) is 141 cm³/mol. The first-order chi connectivity index (χ1) is 16.7. The number of benzene rings is 4. The molecule has 4 aromatic carbocycles. The first kappa shape index (κ1) is 22.1. The molecule has 4 nitrogen and oxygen atoms in total. The fraction of sp³-hybridized carbons (Fsp3) is 0.0714. The number of nitrogens with zero attached hydrogens (tertiary/aromatic N) is 2. The van der Waals surface area contributed by atoms with E-state index in [-0.39, 0.29) is 0 Å². The van der Waals surface area contributed by atoms with Crippen molar-refractivity contribution in [2.24, 2.45) is 4.99 Å². The van der Waals surface area contributed by atoms with E-state index < -0.39 is 0 Å². The number of aromatic nitrogens is 1. The summed E-state index contributed by atoms with van der Waals surface area (Å²) in [6, 6.07) is 29.6. The zero-order valence-corrected chi connectivity index (χ0v) is 20.0. The summed E-state index contributed by atoms with van der Waals surface area (Å²) in [5.74, 6) is 1.33. The van der Waals surface area contributed by atoms with Crippen LogP contribution >= 0.6 is 22.9 Å². The van der Waals surface area contributed by atoms with Crippen LogP contribution in [0.4, 0.5) is 5.69 Å². The zero-order chi connectivity index (χ0) is 23.3. The van der Waals surface area contributed by atoms with E-state index in [0.717, 1.165) is 32.9 Å². The number of hydrogen-bond donors (Lipinski definition) is 0. The third-order valence-electron chi connectivity index (χ3n) is 5.27. The molecule has 0 aliphatic heterocycles. The summed E-state index contributed by atoms with van der Waals surface area (Å²) < 4.78 is 12.6. The van der Waals surface area contributed by atoms with Crippen LogP contribution in [0.3, 0.4) is 0 Å². The molecule has 0 fully saturated rings. The standard InChI is InChI=1S/C28H21ClN2O2S/c1-32-26-16-20(8-15-25(26)33-18-19-6-11-22(29)12-7-19)17-30-23-13-9-21(10-14-23)28-31-24-4-2-3-5-27(24)34-28/h2-17H,18H2,1H3. The molecule has 1 heterocycles. The minimum atomic E-state index is 0.433. The smallest absolute Gasteiger partial charge is 0.161 e. The van der Waals surface area contributed by atoms with Crippen LogP contribution in [-0.2, 0) is 6.61 Å². The van der Waals surface area contributed by atoms with Crippen LogP contribution in [0.25, 0.3) is 20.8 Å². The van der Waals surface area contributed by atoms with Crippen LogP contribution < -0.4 is 9.47 Å². The molecule has 0 bridgehead atoms. The van der Waals surface area contributed by atoms with Crippen LogP contribution in [0.15, 0.2) is 96.0 Å². The maximum absolute atomic E-state index is 5.94. The summed E-state index contributed by atoms with van der Waals surface area (Å²) >= 11 is 7.64. The monoisotopic (exact) mass is 484 g/mol. The summed E-state index contributed by atoms with van der Waals surface area (Å²) in [5, 5.41) is 1.71. The van der Waals surface area contributed by atoms with Crippen LogP contribution in [0.1, 0.15) is 11.1 Å². The number of para-hydroxylation sites is 1. The number of thiazole rings is 1. The highest BCUT2D eigenvalue weighted by molar-refractivity contribution is 7.21. The van der Waals surface area contributed by atoms with Gasteiger partial charge in [-0.05, 0) is 77.9 Å². The van der Waals surface area contributed by atoms with Gasteiger partial charge in [0.25, 0.3) is 0 Å². The van der Waals surface area contributed by atoms with E-state index in [2.05, 4.69) is 23.2 Å². The van der Waals surface area contributed by atoms with Gasteiger partial charge in [0.2, 0.25) is 0 Å². The molecule has 0 unspecified atom stereocenters. The van der Waals surface area contributed by atoms with E-state index in [1.54, 1.807) is 18.4 Å². The Morgan fingerprint density at radius 1 is 0.912 bits per heavy atom. The fourth-order valence-corrected chi connectivity index (χ4v) is 4.56. The van der Waals surface area contributed by atoms with Gasteiger partial charge in [0.15, 0.2) is 11.5 Å². The largest absolute Gasteiger partial charge is 0.493 e. The number of methoxy groups -OCH3 is 1. The van der Waals surface area contributed by atoms with E-state index in [1.165, 1.54) is 4.70 Å². The van der Waals surface area contributed by atoms with Crippen LogP contribution in [-0.4, -0.2) is 18.3 Å². The third kappa shape index (κ3) is 5.11. The number of rotatable bonds is 7. The summed E-state index contributed by atoms with van der Waals surface area (Å²) in [7, 11) is 1.63. The molecule has 0 amide bonds. The highest BCUT2D eigenvalue weighted by Crippen LogP contribution is 2.31. The van der Waals surface area contributed by atoms with Gasteiger partial charge in [0, 0.05) is 16.8 Å². The van der Waals surface area contributed by atoms with Gasteiger partial charge in [-0.2, -0.15) is 0 Å². The second-order valence-corrected chi connectivity index (χ2v) is 9.08. The Labute approximate surface area is 207 Å². The van der Waals surface area contributed by atoms with Gasteiger partial charge in [0.1, 0.15) is 11.6 Å². The molecule has 5 aromatic rings. The highest BCUT2D eigenvalue weighted by atomic mass is 35.5. The quantitative estimate of drug-likeness (QED) is 0.220. The average molecular weight is 485 g/mol. The van der Waals surface area contributed by atoms with Crippen molar-refractivity contribution in [1.82, 2.24) is 4.98 Å².